The standard InChI is InChI=1S/C17H20ClN5O2/c1-20-17(21-2)15-12(23(22-3)16(17)24)5-4-6-14(15)25-13-8-7-10(19)9-11(13)18/h4-9,20-22H,19H2,1-3H3. The first-order valence-electron chi connectivity index (χ1n) is 7.74. The summed E-state index contributed by atoms with van der Waals surface area (Å²) >= 11 is 6.23. The fraction of sp³-hybridized carbons (Fsp3) is 0.235. The molecule has 3 rings (SSSR count). The van der Waals surface area contributed by atoms with Gasteiger partial charge < -0.3 is 10.5 Å². The fourth-order valence-electron chi connectivity index (χ4n) is 3.08. The summed E-state index contributed by atoms with van der Waals surface area (Å²) in [7, 11) is 5.11. The number of amides is 1. The summed E-state index contributed by atoms with van der Waals surface area (Å²) in [4.78, 5) is 12.9. The highest BCUT2D eigenvalue weighted by atomic mass is 35.5. The number of hydrazine groups is 1. The lowest BCUT2D eigenvalue weighted by molar-refractivity contribution is -0.125. The molecular weight excluding hydrogens is 342 g/mol. The van der Waals surface area contributed by atoms with E-state index in [9.17, 15) is 4.79 Å². The third-order valence-electron chi connectivity index (χ3n) is 4.29. The van der Waals surface area contributed by atoms with Gasteiger partial charge in [0.05, 0.1) is 16.3 Å². The van der Waals surface area contributed by atoms with Gasteiger partial charge >= 0.3 is 0 Å². The number of nitrogens with one attached hydrogen (secondary N) is 3. The van der Waals surface area contributed by atoms with Gasteiger partial charge in [-0.3, -0.25) is 15.4 Å². The van der Waals surface area contributed by atoms with Crippen LogP contribution < -0.4 is 31.5 Å². The molecule has 1 aliphatic rings. The van der Waals surface area contributed by atoms with Crippen LogP contribution in [-0.2, 0) is 10.5 Å². The molecule has 132 valence electrons. The van der Waals surface area contributed by atoms with E-state index in [1.54, 1.807) is 45.4 Å². The van der Waals surface area contributed by atoms with Crippen LogP contribution in [0.2, 0.25) is 5.02 Å². The predicted octanol–water partition coefficient (Wildman–Crippen LogP) is 1.79. The summed E-state index contributed by atoms with van der Waals surface area (Å²) in [5, 5.41) is 8.01. The third kappa shape index (κ3) is 2.61. The monoisotopic (exact) mass is 361 g/mol. The van der Waals surface area contributed by atoms with Gasteiger partial charge in [0.2, 0.25) is 0 Å². The van der Waals surface area contributed by atoms with E-state index in [0.717, 1.165) is 0 Å². The van der Waals surface area contributed by atoms with Crippen molar-refractivity contribution < 1.29 is 9.53 Å². The van der Waals surface area contributed by atoms with Gasteiger partial charge in [-0.2, -0.15) is 0 Å². The molecule has 1 aliphatic heterocycles. The Labute approximate surface area is 151 Å². The van der Waals surface area contributed by atoms with Crippen molar-refractivity contribution in [2.45, 2.75) is 5.66 Å². The van der Waals surface area contributed by atoms with Crippen LogP contribution in [0.25, 0.3) is 0 Å². The molecule has 0 radical (unpaired) electrons. The van der Waals surface area contributed by atoms with E-state index >= 15 is 0 Å². The molecule has 7 nitrogen and oxygen atoms in total. The fourth-order valence-corrected chi connectivity index (χ4v) is 3.31. The third-order valence-corrected chi connectivity index (χ3v) is 4.59. The van der Waals surface area contributed by atoms with Gasteiger partial charge in [-0.25, -0.2) is 10.4 Å². The number of hydrogen-bond acceptors (Lipinski definition) is 6. The molecule has 0 spiro atoms. The highest BCUT2D eigenvalue weighted by molar-refractivity contribution is 6.32. The average Bonchev–Trinajstić information content (AvgIpc) is 2.86. The van der Waals surface area contributed by atoms with Crippen LogP contribution in [0.5, 0.6) is 11.5 Å². The van der Waals surface area contributed by atoms with Gasteiger partial charge in [0.25, 0.3) is 5.91 Å². The van der Waals surface area contributed by atoms with Crippen molar-refractivity contribution in [1.82, 2.24) is 16.1 Å². The van der Waals surface area contributed by atoms with Gasteiger partial charge in [-0.05, 0) is 44.4 Å². The quantitative estimate of drug-likeness (QED) is 0.479. The van der Waals surface area contributed by atoms with Gasteiger partial charge in [0.1, 0.15) is 11.5 Å². The summed E-state index contributed by atoms with van der Waals surface area (Å²) in [6.07, 6.45) is 0. The minimum atomic E-state index is -1.12. The van der Waals surface area contributed by atoms with E-state index < -0.39 is 5.66 Å². The van der Waals surface area contributed by atoms with Gasteiger partial charge in [-0.15, -0.1) is 0 Å². The lowest BCUT2D eigenvalue weighted by Gasteiger charge is -2.28. The Hall–Kier alpha value is -2.32. The number of rotatable bonds is 5. The van der Waals surface area contributed by atoms with Crippen LogP contribution in [0.4, 0.5) is 11.4 Å². The Morgan fingerprint density at radius 2 is 1.84 bits per heavy atom. The van der Waals surface area contributed by atoms with Crippen LogP contribution in [0.1, 0.15) is 5.56 Å². The van der Waals surface area contributed by atoms with E-state index in [-0.39, 0.29) is 5.91 Å². The number of hydrogen-bond donors (Lipinski definition) is 4. The maximum absolute atomic E-state index is 12.9. The highest BCUT2D eigenvalue weighted by Gasteiger charge is 2.51. The molecule has 0 bridgehead atoms. The Morgan fingerprint density at radius 3 is 2.44 bits per heavy atom. The SMILES string of the molecule is CNN1C(=O)C(NC)(NC)c2c(Oc3ccc(N)cc3Cl)cccc21. The summed E-state index contributed by atoms with van der Waals surface area (Å²) < 4.78 is 6.03. The molecule has 2 aromatic carbocycles. The first-order valence-corrected chi connectivity index (χ1v) is 8.12. The first kappa shape index (κ1) is 17.5. The van der Waals surface area contributed by atoms with Crippen LogP contribution >= 0.6 is 11.6 Å². The van der Waals surface area contributed by atoms with Crippen molar-refractivity contribution in [3.63, 3.8) is 0 Å². The Kier molecular flexibility index (Phi) is 4.57. The van der Waals surface area contributed by atoms with Crippen molar-refractivity contribution in [3.05, 3.63) is 47.0 Å². The molecule has 0 saturated carbocycles. The normalized spacial score (nSPS) is 15.4. The number of carbonyl (C=O) groups is 1. The molecule has 1 amide bonds. The van der Waals surface area contributed by atoms with Crippen LogP contribution in [0.3, 0.4) is 0 Å². The number of fused-ring (bicyclic) bond motifs is 1. The number of likely N-dealkylation sites (N-methyl/N-ethyl adjacent to an activating group) is 2. The Morgan fingerprint density at radius 1 is 1.12 bits per heavy atom. The van der Waals surface area contributed by atoms with E-state index in [4.69, 9.17) is 22.1 Å². The molecule has 1 heterocycles. The van der Waals surface area contributed by atoms with E-state index in [1.165, 1.54) is 5.01 Å². The molecule has 25 heavy (non-hydrogen) atoms. The van der Waals surface area contributed by atoms with Crippen molar-refractivity contribution in [2.75, 3.05) is 31.9 Å². The van der Waals surface area contributed by atoms with E-state index in [0.29, 0.717) is 33.5 Å². The molecule has 0 atom stereocenters. The Balaban J connectivity index is 2.15. The number of anilines is 2. The van der Waals surface area contributed by atoms with Gasteiger partial charge in [-0.1, -0.05) is 17.7 Å². The Bertz CT molecular complexity index is 823. The summed E-state index contributed by atoms with van der Waals surface area (Å²) in [5.74, 6) is 0.786. The summed E-state index contributed by atoms with van der Waals surface area (Å²) in [5.41, 5.74) is 9.44. The van der Waals surface area contributed by atoms with Crippen LogP contribution in [0.15, 0.2) is 36.4 Å². The predicted molar refractivity (Wildman–Crippen MR) is 98.7 cm³/mol. The van der Waals surface area contributed by atoms with Crippen molar-refractivity contribution in [2.24, 2.45) is 0 Å². The smallest absolute Gasteiger partial charge is 0.281 e. The average molecular weight is 362 g/mol. The van der Waals surface area contributed by atoms with Crippen molar-refractivity contribution in [1.29, 1.82) is 0 Å². The minimum Gasteiger partial charge on any atom is -0.455 e. The van der Waals surface area contributed by atoms with Crippen LogP contribution in [-0.4, -0.2) is 27.1 Å². The number of halogens is 1. The zero-order valence-electron chi connectivity index (χ0n) is 14.2. The number of nitrogen functional groups attached to an aromatic ring is 1. The van der Waals surface area contributed by atoms with Crippen molar-refractivity contribution in [3.8, 4) is 11.5 Å². The molecule has 0 fully saturated rings. The molecule has 0 saturated heterocycles. The lowest BCUT2D eigenvalue weighted by atomic mass is 10.00. The molecule has 0 aliphatic carbocycles. The summed E-state index contributed by atoms with van der Waals surface area (Å²) in [6, 6.07) is 10.5. The molecule has 0 aromatic heterocycles. The molecule has 0 unspecified atom stereocenters. The van der Waals surface area contributed by atoms with E-state index in [2.05, 4.69) is 16.1 Å². The second-order valence-corrected chi connectivity index (χ2v) is 5.96. The largest absolute Gasteiger partial charge is 0.455 e. The number of nitrogens with zero attached hydrogens (tertiary/aromatic N) is 1. The number of ether oxygens (including phenoxy) is 1. The second-order valence-electron chi connectivity index (χ2n) is 5.56. The number of benzene rings is 2. The zero-order chi connectivity index (χ0) is 18.2. The second kappa shape index (κ2) is 6.53. The minimum absolute atomic E-state index is 0.186. The van der Waals surface area contributed by atoms with E-state index in [1.807, 2.05) is 12.1 Å². The number of carbonyl (C=O) groups excluding carboxylic acids is 1. The summed E-state index contributed by atoms with van der Waals surface area (Å²) in [6.45, 7) is 0. The van der Waals surface area contributed by atoms with Crippen molar-refractivity contribution >= 4 is 28.9 Å². The molecular formula is C17H20ClN5O2. The molecule has 2 aromatic rings. The van der Waals surface area contributed by atoms with Crippen LogP contribution in [0, 0.1) is 0 Å². The van der Waals surface area contributed by atoms with Gasteiger partial charge in [0, 0.05) is 12.7 Å². The topological polar surface area (TPSA) is 91.7 Å². The number of nitrogens with two attached hydrogens (primary N) is 1. The molecule has 5 N–H and O–H groups in total. The highest BCUT2D eigenvalue weighted by Crippen LogP contribution is 2.45. The maximum atomic E-state index is 12.9. The first-order chi connectivity index (χ1) is 12.0. The zero-order valence-corrected chi connectivity index (χ0v) is 14.9. The maximum Gasteiger partial charge on any atom is 0.281 e. The lowest BCUT2D eigenvalue weighted by Crippen LogP contribution is -2.59. The van der Waals surface area contributed by atoms with Gasteiger partial charge in [0.15, 0.2) is 5.66 Å². The molecule has 8 heteroatoms.